The highest BCUT2D eigenvalue weighted by Crippen LogP contribution is 2.17. The molecule has 120 valence electrons. The van der Waals surface area contributed by atoms with Crippen LogP contribution in [0.3, 0.4) is 0 Å². The standard InChI is InChI=1S/C13H11ClF3NO4/c1-22-10(19)6-9(18-12(21)13(15,16)17)11(20)7-2-4-8(14)5-3-7/h2-5,9H,6H2,1H3,(H,18,21). The van der Waals surface area contributed by atoms with Gasteiger partial charge in [0.2, 0.25) is 0 Å². The Balaban J connectivity index is 2.98. The van der Waals surface area contributed by atoms with Crippen LogP contribution in [0.15, 0.2) is 24.3 Å². The number of methoxy groups -OCH3 is 1. The van der Waals surface area contributed by atoms with Crippen LogP contribution in [0.25, 0.3) is 0 Å². The molecule has 0 aromatic heterocycles. The van der Waals surface area contributed by atoms with Gasteiger partial charge in [-0.05, 0) is 24.3 Å². The van der Waals surface area contributed by atoms with E-state index in [-0.39, 0.29) is 5.56 Å². The molecule has 5 nitrogen and oxygen atoms in total. The summed E-state index contributed by atoms with van der Waals surface area (Å²) in [6, 6.07) is 3.57. The van der Waals surface area contributed by atoms with Crippen molar-refractivity contribution >= 4 is 29.3 Å². The third kappa shape index (κ3) is 5.03. The first kappa shape index (κ1) is 18.0. The molecule has 0 heterocycles. The van der Waals surface area contributed by atoms with Gasteiger partial charge in [0.25, 0.3) is 0 Å². The molecule has 1 aromatic carbocycles. The van der Waals surface area contributed by atoms with Gasteiger partial charge in [-0.3, -0.25) is 14.4 Å². The summed E-state index contributed by atoms with van der Waals surface area (Å²) in [5.41, 5.74) is 0.000720. The average molecular weight is 338 g/mol. The molecule has 0 aliphatic rings. The predicted octanol–water partition coefficient (Wildman–Crippen LogP) is 2.13. The number of hydrogen-bond donors (Lipinski definition) is 1. The molecule has 1 unspecified atom stereocenters. The second kappa shape index (κ2) is 7.26. The molecule has 22 heavy (non-hydrogen) atoms. The van der Waals surface area contributed by atoms with E-state index in [9.17, 15) is 27.6 Å². The van der Waals surface area contributed by atoms with E-state index in [2.05, 4.69) is 4.74 Å². The van der Waals surface area contributed by atoms with Gasteiger partial charge in [0, 0.05) is 10.6 Å². The van der Waals surface area contributed by atoms with E-state index < -0.39 is 36.3 Å². The van der Waals surface area contributed by atoms with E-state index in [1.807, 2.05) is 0 Å². The van der Waals surface area contributed by atoms with Crippen LogP contribution in [-0.4, -0.2) is 37.0 Å². The number of benzene rings is 1. The quantitative estimate of drug-likeness (QED) is 0.660. The topological polar surface area (TPSA) is 72.5 Å². The summed E-state index contributed by atoms with van der Waals surface area (Å²) in [6.45, 7) is 0. The Kier molecular flexibility index (Phi) is 5.92. The Morgan fingerprint density at radius 2 is 1.77 bits per heavy atom. The van der Waals surface area contributed by atoms with E-state index in [1.165, 1.54) is 29.6 Å². The van der Waals surface area contributed by atoms with Crippen LogP contribution >= 0.6 is 11.6 Å². The fourth-order valence-corrected chi connectivity index (χ4v) is 1.64. The molecule has 0 aliphatic carbocycles. The summed E-state index contributed by atoms with van der Waals surface area (Å²) in [5, 5.41) is 1.81. The third-order valence-electron chi connectivity index (χ3n) is 2.61. The van der Waals surface area contributed by atoms with Crippen molar-refractivity contribution in [3.63, 3.8) is 0 Å². The smallest absolute Gasteiger partial charge is 0.469 e. The molecule has 0 fully saturated rings. The first-order chi connectivity index (χ1) is 10.1. The number of esters is 1. The fraction of sp³-hybridized carbons (Fsp3) is 0.308. The minimum atomic E-state index is -5.17. The van der Waals surface area contributed by atoms with Gasteiger partial charge in [-0.15, -0.1) is 0 Å². The Morgan fingerprint density at radius 1 is 1.23 bits per heavy atom. The number of hydrogen-bond acceptors (Lipinski definition) is 4. The van der Waals surface area contributed by atoms with Gasteiger partial charge in [-0.25, -0.2) is 0 Å². The first-order valence-electron chi connectivity index (χ1n) is 5.89. The lowest BCUT2D eigenvalue weighted by Crippen LogP contribution is -2.47. The van der Waals surface area contributed by atoms with Crippen molar-refractivity contribution in [2.75, 3.05) is 7.11 Å². The van der Waals surface area contributed by atoms with Crippen LogP contribution in [0.2, 0.25) is 5.02 Å². The van der Waals surface area contributed by atoms with Crippen LogP contribution < -0.4 is 5.32 Å². The molecule has 1 amide bonds. The maximum atomic E-state index is 12.3. The summed E-state index contributed by atoms with van der Waals surface area (Å²) in [7, 11) is 1.01. The van der Waals surface area contributed by atoms with Gasteiger partial charge >= 0.3 is 18.1 Å². The van der Waals surface area contributed by atoms with E-state index in [0.717, 1.165) is 7.11 Å². The largest absolute Gasteiger partial charge is 0.471 e. The van der Waals surface area contributed by atoms with Crippen molar-refractivity contribution in [1.82, 2.24) is 5.32 Å². The second-order valence-electron chi connectivity index (χ2n) is 4.18. The van der Waals surface area contributed by atoms with Gasteiger partial charge in [0.15, 0.2) is 5.78 Å². The lowest BCUT2D eigenvalue weighted by Gasteiger charge is -2.17. The van der Waals surface area contributed by atoms with Crippen molar-refractivity contribution in [1.29, 1.82) is 0 Å². The Labute approximate surface area is 128 Å². The molecule has 0 aliphatic heterocycles. The molecular weight excluding hydrogens is 327 g/mol. The fourth-order valence-electron chi connectivity index (χ4n) is 1.51. The minimum Gasteiger partial charge on any atom is -0.469 e. The third-order valence-corrected chi connectivity index (χ3v) is 2.86. The molecule has 0 spiro atoms. The van der Waals surface area contributed by atoms with Crippen LogP contribution in [0.5, 0.6) is 0 Å². The number of ketones is 1. The monoisotopic (exact) mass is 337 g/mol. The highest BCUT2D eigenvalue weighted by Gasteiger charge is 2.41. The Morgan fingerprint density at radius 3 is 2.23 bits per heavy atom. The summed E-state index contributed by atoms with van der Waals surface area (Å²) >= 11 is 5.64. The lowest BCUT2D eigenvalue weighted by molar-refractivity contribution is -0.174. The molecule has 0 radical (unpaired) electrons. The first-order valence-corrected chi connectivity index (χ1v) is 6.27. The molecular formula is C13H11ClF3NO4. The number of amides is 1. The zero-order valence-corrected chi connectivity index (χ0v) is 12.0. The van der Waals surface area contributed by atoms with Crippen LogP contribution in [-0.2, 0) is 14.3 Å². The number of carbonyl (C=O) groups is 3. The number of rotatable bonds is 5. The Hall–Kier alpha value is -2.09. The highest BCUT2D eigenvalue weighted by molar-refractivity contribution is 6.30. The number of halogens is 4. The normalized spacial score (nSPS) is 12.4. The molecule has 0 bridgehead atoms. The number of Topliss-reactive ketones (excluding diaryl/α,β-unsaturated/α-hetero) is 1. The summed E-state index contributed by atoms with van der Waals surface area (Å²) in [6.07, 6.45) is -5.89. The summed E-state index contributed by atoms with van der Waals surface area (Å²) in [5.74, 6) is -4.11. The van der Waals surface area contributed by atoms with Crippen molar-refractivity contribution in [2.24, 2.45) is 0 Å². The van der Waals surface area contributed by atoms with Crippen LogP contribution in [0.4, 0.5) is 13.2 Å². The van der Waals surface area contributed by atoms with Crippen molar-refractivity contribution < 1.29 is 32.3 Å². The van der Waals surface area contributed by atoms with Gasteiger partial charge in [0.1, 0.15) is 6.04 Å². The van der Waals surface area contributed by atoms with E-state index in [0.29, 0.717) is 5.02 Å². The lowest BCUT2D eigenvalue weighted by atomic mass is 10.0. The maximum Gasteiger partial charge on any atom is 0.471 e. The van der Waals surface area contributed by atoms with Crippen LogP contribution in [0, 0.1) is 0 Å². The van der Waals surface area contributed by atoms with E-state index in [4.69, 9.17) is 11.6 Å². The van der Waals surface area contributed by atoms with Gasteiger partial charge in [-0.2, -0.15) is 13.2 Å². The van der Waals surface area contributed by atoms with E-state index >= 15 is 0 Å². The molecule has 1 rings (SSSR count). The number of nitrogens with one attached hydrogen (secondary N) is 1. The minimum absolute atomic E-state index is 0.000720. The molecule has 1 aromatic rings. The van der Waals surface area contributed by atoms with Crippen molar-refractivity contribution in [3.8, 4) is 0 Å². The number of ether oxygens (including phenoxy) is 1. The SMILES string of the molecule is COC(=O)CC(NC(=O)C(F)(F)F)C(=O)c1ccc(Cl)cc1. The highest BCUT2D eigenvalue weighted by atomic mass is 35.5. The molecule has 0 saturated heterocycles. The molecule has 9 heteroatoms. The molecule has 1 atom stereocenters. The maximum absolute atomic E-state index is 12.3. The van der Waals surface area contributed by atoms with Crippen LogP contribution in [0.1, 0.15) is 16.8 Å². The van der Waals surface area contributed by atoms with Gasteiger partial charge in [0.05, 0.1) is 13.5 Å². The summed E-state index contributed by atoms with van der Waals surface area (Å²) in [4.78, 5) is 34.3. The Bertz CT molecular complexity index is 572. The predicted molar refractivity (Wildman–Crippen MR) is 70.4 cm³/mol. The summed E-state index contributed by atoms with van der Waals surface area (Å²) < 4.78 is 41.2. The molecule has 1 N–H and O–H groups in total. The second-order valence-corrected chi connectivity index (χ2v) is 4.61. The van der Waals surface area contributed by atoms with Gasteiger partial charge < -0.3 is 10.1 Å². The zero-order valence-electron chi connectivity index (χ0n) is 11.2. The zero-order chi connectivity index (χ0) is 16.9. The number of alkyl halides is 3. The van der Waals surface area contributed by atoms with Crippen molar-refractivity contribution in [2.45, 2.75) is 18.6 Å². The number of carbonyl (C=O) groups excluding carboxylic acids is 3. The average Bonchev–Trinajstić information content (AvgIpc) is 2.45. The molecule has 0 saturated carbocycles. The van der Waals surface area contributed by atoms with Crippen molar-refractivity contribution in [3.05, 3.63) is 34.9 Å². The van der Waals surface area contributed by atoms with Gasteiger partial charge in [-0.1, -0.05) is 11.6 Å². The van der Waals surface area contributed by atoms with E-state index in [1.54, 1.807) is 0 Å².